The number of fused-ring (bicyclic) bond motifs is 1. The fourth-order valence-electron chi connectivity index (χ4n) is 1.89. The standard InChI is InChI=1S/C15H9BrClN3OS2/c16-9-4-5-11-12(7-9)23-15(18-11)20-14(22)19-13(21)8-2-1-3-10(17)6-8/h1-7H,(H2,18,19,20,21,22). The van der Waals surface area contributed by atoms with E-state index >= 15 is 0 Å². The van der Waals surface area contributed by atoms with Crippen LogP contribution < -0.4 is 10.6 Å². The predicted molar refractivity (Wildman–Crippen MR) is 102 cm³/mol. The van der Waals surface area contributed by atoms with Gasteiger partial charge in [-0.25, -0.2) is 4.98 Å². The summed E-state index contributed by atoms with van der Waals surface area (Å²) in [6, 6.07) is 12.5. The Morgan fingerprint density at radius 1 is 1.26 bits per heavy atom. The number of nitrogens with zero attached hydrogens (tertiary/aromatic N) is 1. The van der Waals surface area contributed by atoms with Crippen molar-refractivity contribution in [2.45, 2.75) is 0 Å². The quantitative estimate of drug-likeness (QED) is 0.576. The molecular weight excluding hydrogens is 418 g/mol. The minimum Gasteiger partial charge on any atom is -0.308 e. The van der Waals surface area contributed by atoms with Crippen molar-refractivity contribution in [3.63, 3.8) is 0 Å². The van der Waals surface area contributed by atoms with Crippen LogP contribution in [0.3, 0.4) is 0 Å². The molecule has 0 saturated carbocycles. The molecule has 0 aliphatic rings. The van der Waals surface area contributed by atoms with Gasteiger partial charge >= 0.3 is 0 Å². The van der Waals surface area contributed by atoms with E-state index in [9.17, 15) is 4.79 Å². The molecule has 0 fully saturated rings. The molecule has 0 saturated heterocycles. The van der Waals surface area contributed by atoms with E-state index in [1.165, 1.54) is 11.3 Å². The van der Waals surface area contributed by atoms with E-state index in [2.05, 4.69) is 31.5 Å². The van der Waals surface area contributed by atoms with Gasteiger partial charge in [-0.05, 0) is 48.6 Å². The van der Waals surface area contributed by atoms with Gasteiger partial charge in [0.25, 0.3) is 5.91 Å². The molecule has 0 radical (unpaired) electrons. The molecule has 1 aromatic heterocycles. The lowest BCUT2D eigenvalue weighted by Crippen LogP contribution is -2.34. The highest BCUT2D eigenvalue weighted by Gasteiger charge is 2.10. The molecule has 2 N–H and O–H groups in total. The van der Waals surface area contributed by atoms with E-state index in [1.54, 1.807) is 24.3 Å². The molecule has 3 aromatic rings. The van der Waals surface area contributed by atoms with E-state index < -0.39 is 0 Å². The zero-order valence-corrected chi connectivity index (χ0v) is 15.4. The van der Waals surface area contributed by atoms with Gasteiger partial charge in [0.15, 0.2) is 10.2 Å². The summed E-state index contributed by atoms with van der Waals surface area (Å²) in [5.41, 5.74) is 1.31. The Hall–Kier alpha value is -1.54. The number of thiazole rings is 1. The number of nitrogens with one attached hydrogen (secondary N) is 2. The highest BCUT2D eigenvalue weighted by atomic mass is 79.9. The van der Waals surface area contributed by atoms with Crippen molar-refractivity contribution in [2.24, 2.45) is 0 Å². The molecule has 23 heavy (non-hydrogen) atoms. The fraction of sp³-hybridized carbons (Fsp3) is 0. The van der Waals surface area contributed by atoms with Crippen LogP contribution in [0, 0.1) is 0 Å². The van der Waals surface area contributed by atoms with Crippen molar-refractivity contribution in [1.29, 1.82) is 0 Å². The van der Waals surface area contributed by atoms with Crippen LogP contribution in [0.15, 0.2) is 46.9 Å². The lowest BCUT2D eigenvalue weighted by Gasteiger charge is -2.07. The van der Waals surface area contributed by atoms with Gasteiger partial charge in [0.2, 0.25) is 0 Å². The van der Waals surface area contributed by atoms with Crippen molar-refractivity contribution in [2.75, 3.05) is 5.32 Å². The summed E-state index contributed by atoms with van der Waals surface area (Å²) in [6.45, 7) is 0. The first-order valence-electron chi connectivity index (χ1n) is 6.45. The highest BCUT2D eigenvalue weighted by Crippen LogP contribution is 2.28. The van der Waals surface area contributed by atoms with Gasteiger partial charge < -0.3 is 5.32 Å². The number of hydrogen-bond donors (Lipinski definition) is 2. The van der Waals surface area contributed by atoms with Crippen LogP contribution in [-0.4, -0.2) is 16.0 Å². The molecule has 0 unspecified atom stereocenters. The Balaban J connectivity index is 1.69. The minimum absolute atomic E-state index is 0.188. The second-order valence-electron chi connectivity index (χ2n) is 4.55. The summed E-state index contributed by atoms with van der Waals surface area (Å²) in [7, 11) is 0. The van der Waals surface area contributed by atoms with Crippen LogP contribution in [-0.2, 0) is 0 Å². The Morgan fingerprint density at radius 3 is 2.87 bits per heavy atom. The number of halogens is 2. The lowest BCUT2D eigenvalue weighted by molar-refractivity contribution is 0.0977. The van der Waals surface area contributed by atoms with Crippen LogP contribution in [0.25, 0.3) is 10.2 Å². The number of rotatable bonds is 2. The third-order valence-corrected chi connectivity index (χ3v) is 4.75. The first-order valence-corrected chi connectivity index (χ1v) is 8.85. The lowest BCUT2D eigenvalue weighted by atomic mass is 10.2. The fourth-order valence-corrected chi connectivity index (χ4v) is 3.75. The van der Waals surface area contributed by atoms with Crippen molar-refractivity contribution < 1.29 is 4.79 Å². The van der Waals surface area contributed by atoms with Gasteiger partial charge in [-0.1, -0.05) is 44.9 Å². The molecule has 1 amide bonds. The summed E-state index contributed by atoms with van der Waals surface area (Å²) in [6.07, 6.45) is 0. The van der Waals surface area contributed by atoms with Crippen molar-refractivity contribution in [3.8, 4) is 0 Å². The predicted octanol–water partition coefficient (Wildman–Crippen LogP) is 4.84. The summed E-state index contributed by atoms with van der Waals surface area (Å²) in [5.74, 6) is -0.325. The average Bonchev–Trinajstić information content (AvgIpc) is 2.88. The molecule has 1 heterocycles. The number of aromatic nitrogens is 1. The number of benzene rings is 2. The van der Waals surface area contributed by atoms with Gasteiger partial charge in [-0.2, -0.15) is 0 Å². The number of hydrogen-bond acceptors (Lipinski definition) is 4. The van der Waals surface area contributed by atoms with Crippen LogP contribution in [0.5, 0.6) is 0 Å². The highest BCUT2D eigenvalue weighted by molar-refractivity contribution is 9.10. The Bertz CT molecular complexity index is 913. The van der Waals surface area contributed by atoms with Crippen molar-refractivity contribution in [1.82, 2.24) is 10.3 Å². The largest absolute Gasteiger partial charge is 0.308 e. The Labute approximate surface area is 155 Å². The second kappa shape index (κ2) is 6.92. The van der Waals surface area contributed by atoms with Gasteiger partial charge in [0, 0.05) is 15.1 Å². The average molecular weight is 427 g/mol. The first kappa shape index (κ1) is 16.3. The summed E-state index contributed by atoms with van der Waals surface area (Å²) < 4.78 is 2.00. The van der Waals surface area contributed by atoms with Crippen LogP contribution in [0.2, 0.25) is 5.02 Å². The van der Waals surface area contributed by atoms with E-state index in [1.807, 2.05) is 18.2 Å². The molecule has 0 spiro atoms. The van der Waals surface area contributed by atoms with Gasteiger partial charge in [-0.15, -0.1) is 0 Å². The maximum atomic E-state index is 12.1. The molecule has 116 valence electrons. The topological polar surface area (TPSA) is 54.0 Å². The number of carbonyl (C=O) groups excluding carboxylic acids is 1. The summed E-state index contributed by atoms with van der Waals surface area (Å²) >= 11 is 15.9. The Morgan fingerprint density at radius 2 is 2.09 bits per heavy atom. The maximum Gasteiger partial charge on any atom is 0.257 e. The smallest absolute Gasteiger partial charge is 0.257 e. The normalized spacial score (nSPS) is 10.5. The second-order valence-corrected chi connectivity index (χ2v) is 7.34. The third-order valence-electron chi connectivity index (χ3n) is 2.88. The van der Waals surface area contributed by atoms with Crippen LogP contribution in [0.4, 0.5) is 5.13 Å². The minimum atomic E-state index is -0.325. The van der Waals surface area contributed by atoms with E-state index in [0.29, 0.717) is 15.7 Å². The van der Waals surface area contributed by atoms with Gasteiger partial charge in [0.05, 0.1) is 10.2 Å². The zero-order valence-electron chi connectivity index (χ0n) is 11.5. The SMILES string of the molecule is O=C(NC(=S)Nc1nc2ccc(Br)cc2s1)c1cccc(Cl)c1. The van der Waals surface area contributed by atoms with Crippen molar-refractivity contribution >= 4 is 77.5 Å². The van der Waals surface area contributed by atoms with Crippen LogP contribution in [0.1, 0.15) is 10.4 Å². The summed E-state index contributed by atoms with van der Waals surface area (Å²) in [5, 5.41) is 6.83. The van der Waals surface area contributed by atoms with Gasteiger partial charge in [-0.3, -0.25) is 10.1 Å². The molecule has 8 heteroatoms. The monoisotopic (exact) mass is 425 g/mol. The maximum absolute atomic E-state index is 12.1. The molecule has 0 aliphatic heterocycles. The number of anilines is 1. The van der Waals surface area contributed by atoms with E-state index in [4.69, 9.17) is 23.8 Å². The molecule has 2 aromatic carbocycles. The third kappa shape index (κ3) is 4.06. The van der Waals surface area contributed by atoms with Crippen molar-refractivity contribution in [3.05, 3.63) is 57.5 Å². The number of amides is 1. The van der Waals surface area contributed by atoms with E-state index in [-0.39, 0.29) is 11.0 Å². The molecule has 0 aliphatic carbocycles. The number of carbonyl (C=O) groups is 1. The number of thiocarbonyl (C=S) groups is 1. The first-order chi connectivity index (χ1) is 11.0. The molecule has 0 atom stereocenters. The molecule has 4 nitrogen and oxygen atoms in total. The molecule has 0 bridgehead atoms. The van der Waals surface area contributed by atoms with Gasteiger partial charge in [0.1, 0.15) is 0 Å². The summed E-state index contributed by atoms with van der Waals surface area (Å²) in [4.78, 5) is 16.5. The Kier molecular flexibility index (Phi) is 4.91. The zero-order chi connectivity index (χ0) is 16.4. The van der Waals surface area contributed by atoms with Crippen LogP contribution >= 0.6 is 51.1 Å². The molecular formula is C15H9BrClN3OS2. The molecule has 3 rings (SSSR count). The van der Waals surface area contributed by atoms with E-state index in [0.717, 1.165) is 14.7 Å².